The van der Waals surface area contributed by atoms with Gasteiger partial charge in [-0.3, -0.25) is 4.79 Å². The molecule has 0 spiro atoms. The number of methoxy groups -OCH3 is 1. The number of rotatable bonds is 5. The van der Waals surface area contributed by atoms with Gasteiger partial charge in [0.15, 0.2) is 6.10 Å². The fraction of sp³-hybridized carbons (Fsp3) is 0.381. The number of ether oxygens (including phenoxy) is 1. The lowest BCUT2D eigenvalue weighted by molar-refractivity contribution is -0.127. The van der Waals surface area contributed by atoms with Crippen LogP contribution in [-0.2, 0) is 4.79 Å². The van der Waals surface area contributed by atoms with Gasteiger partial charge in [0.05, 0.1) is 24.5 Å². The first-order chi connectivity index (χ1) is 12.9. The number of fused-ring (bicyclic) bond motifs is 1. The third-order valence-corrected chi connectivity index (χ3v) is 5.02. The first kappa shape index (κ1) is 19.2. The van der Waals surface area contributed by atoms with E-state index in [9.17, 15) is 9.90 Å². The minimum atomic E-state index is -1.17. The Labute approximate surface area is 160 Å². The Bertz CT molecular complexity index is 792. The van der Waals surface area contributed by atoms with Gasteiger partial charge in [-0.2, -0.15) is 0 Å². The van der Waals surface area contributed by atoms with Crippen LogP contribution in [0.2, 0.25) is 0 Å². The number of amides is 1. The zero-order chi connectivity index (χ0) is 19.6. The highest BCUT2D eigenvalue weighted by Gasteiger charge is 2.39. The molecule has 2 aromatic rings. The summed E-state index contributed by atoms with van der Waals surface area (Å²) in [4.78, 5) is 18.9. The molecule has 0 saturated carbocycles. The van der Waals surface area contributed by atoms with Crippen LogP contribution in [0, 0.1) is 0 Å². The van der Waals surface area contributed by atoms with Crippen LogP contribution in [-0.4, -0.2) is 63.4 Å². The van der Waals surface area contributed by atoms with E-state index in [1.165, 1.54) is 0 Å². The number of aliphatic hydroxyl groups excluding tert-OH is 1. The molecule has 27 heavy (non-hydrogen) atoms. The molecule has 0 fully saturated rings. The Morgan fingerprint density at radius 2 is 1.70 bits per heavy atom. The highest BCUT2D eigenvalue weighted by Crippen LogP contribution is 2.39. The predicted octanol–water partition coefficient (Wildman–Crippen LogP) is 2.14. The van der Waals surface area contributed by atoms with Crippen molar-refractivity contribution in [2.45, 2.75) is 12.1 Å². The van der Waals surface area contributed by atoms with Crippen molar-refractivity contribution in [2.75, 3.05) is 51.1 Å². The van der Waals surface area contributed by atoms with Crippen molar-refractivity contribution in [1.29, 1.82) is 0 Å². The summed E-state index contributed by atoms with van der Waals surface area (Å²) in [6, 6.07) is 14.8. The monoisotopic (exact) mass is 369 g/mol. The molecule has 1 heterocycles. The van der Waals surface area contributed by atoms with Crippen molar-refractivity contribution in [3.8, 4) is 5.75 Å². The molecule has 1 aliphatic rings. The van der Waals surface area contributed by atoms with E-state index in [0.29, 0.717) is 13.1 Å². The highest BCUT2D eigenvalue weighted by atomic mass is 16.5. The number of anilines is 2. The molecule has 1 N–H and O–H groups in total. The summed E-state index contributed by atoms with van der Waals surface area (Å²) in [6.45, 7) is 1.23. The van der Waals surface area contributed by atoms with Crippen LogP contribution in [0.3, 0.4) is 0 Å². The van der Waals surface area contributed by atoms with E-state index in [-0.39, 0.29) is 5.91 Å². The Morgan fingerprint density at radius 3 is 2.30 bits per heavy atom. The summed E-state index contributed by atoms with van der Waals surface area (Å²) in [7, 11) is 7.47. The molecule has 2 atom stereocenters. The van der Waals surface area contributed by atoms with E-state index in [2.05, 4.69) is 0 Å². The van der Waals surface area contributed by atoms with Gasteiger partial charge in [0.25, 0.3) is 5.91 Å². The average Bonchev–Trinajstić information content (AvgIpc) is 2.75. The van der Waals surface area contributed by atoms with Gasteiger partial charge in [0.2, 0.25) is 0 Å². The van der Waals surface area contributed by atoms with Crippen LogP contribution >= 0.6 is 0 Å². The van der Waals surface area contributed by atoms with Gasteiger partial charge in [-0.25, -0.2) is 0 Å². The van der Waals surface area contributed by atoms with Crippen molar-refractivity contribution in [3.05, 3.63) is 54.1 Å². The second kappa shape index (κ2) is 7.98. The van der Waals surface area contributed by atoms with Gasteiger partial charge in [0, 0.05) is 20.1 Å². The van der Waals surface area contributed by atoms with Gasteiger partial charge < -0.3 is 24.5 Å². The highest BCUT2D eigenvalue weighted by molar-refractivity contribution is 6.01. The molecule has 0 saturated heterocycles. The smallest absolute Gasteiger partial charge is 0.258 e. The van der Waals surface area contributed by atoms with Crippen LogP contribution in [0.15, 0.2) is 48.5 Å². The molecule has 1 amide bonds. The number of likely N-dealkylation sites (N-methyl/N-ethyl adjacent to an activating group) is 2. The zero-order valence-electron chi connectivity index (χ0n) is 16.3. The predicted molar refractivity (Wildman–Crippen MR) is 107 cm³/mol. The van der Waals surface area contributed by atoms with Gasteiger partial charge in [0.1, 0.15) is 5.75 Å². The Balaban J connectivity index is 2.04. The van der Waals surface area contributed by atoms with Crippen LogP contribution in [0.5, 0.6) is 5.75 Å². The quantitative estimate of drug-likeness (QED) is 0.875. The van der Waals surface area contributed by atoms with Crippen LogP contribution in [0.1, 0.15) is 11.6 Å². The SMILES string of the molecule is COc1ccc(C2C(O)C(=O)N(CCN(C)C)c3ccccc3N2C)cc1. The number of carbonyl (C=O) groups is 1. The molecule has 0 aromatic heterocycles. The molecular formula is C21H27N3O3. The summed E-state index contributed by atoms with van der Waals surface area (Å²) in [6.07, 6.45) is -1.17. The van der Waals surface area contributed by atoms with E-state index >= 15 is 0 Å². The topological polar surface area (TPSA) is 56.3 Å². The normalized spacial score (nSPS) is 19.9. The number of benzene rings is 2. The number of hydrogen-bond donors (Lipinski definition) is 1. The van der Waals surface area contributed by atoms with Crippen molar-refractivity contribution >= 4 is 17.3 Å². The van der Waals surface area contributed by atoms with E-state index in [1.54, 1.807) is 12.0 Å². The Hall–Kier alpha value is -2.57. The first-order valence-electron chi connectivity index (χ1n) is 9.04. The summed E-state index contributed by atoms with van der Waals surface area (Å²) in [5.41, 5.74) is 2.60. The average molecular weight is 369 g/mol. The lowest BCUT2D eigenvalue weighted by Gasteiger charge is -2.31. The summed E-state index contributed by atoms with van der Waals surface area (Å²) in [5.74, 6) is 0.457. The first-order valence-corrected chi connectivity index (χ1v) is 9.04. The standard InChI is InChI=1S/C21H27N3O3/c1-22(2)13-14-24-18-8-6-5-7-17(18)23(3)19(20(25)21(24)26)15-9-11-16(27-4)12-10-15/h5-12,19-20,25H,13-14H2,1-4H3. The van der Waals surface area contributed by atoms with Crippen molar-refractivity contribution < 1.29 is 14.6 Å². The fourth-order valence-electron chi connectivity index (χ4n) is 3.50. The largest absolute Gasteiger partial charge is 0.497 e. The molecular weight excluding hydrogens is 342 g/mol. The summed E-state index contributed by atoms with van der Waals surface area (Å²) < 4.78 is 5.23. The molecule has 0 bridgehead atoms. The van der Waals surface area contributed by atoms with E-state index in [4.69, 9.17) is 4.74 Å². The molecule has 2 unspecified atom stereocenters. The van der Waals surface area contributed by atoms with E-state index < -0.39 is 12.1 Å². The fourth-order valence-corrected chi connectivity index (χ4v) is 3.50. The molecule has 2 aromatic carbocycles. The van der Waals surface area contributed by atoms with Gasteiger partial charge in [-0.15, -0.1) is 0 Å². The maximum absolute atomic E-state index is 13.2. The minimum absolute atomic E-state index is 0.283. The van der Waals surface area contributed by atoms with Crippen molar-refractivity contribution in [3.63, 3.8) is 0 Å². The Kier molecular flexibility index (Phi) is 5.68. The molecule has 0 radical (unpaired) electrons. The lowest BCUT2D eigenvalue weighted by atomic mass is 9.99. The maximum Gasteiger partial charge on any atom is 0.258 e. The van der Waals surface area contributed by atoms with Crippen LogP contribution < -0.4 is 14.5 Å². The third kappa shape index (κ3) is 3.77. The number of para-hydroxylation sites is 2. The van der Waals surface area contributed by atoms with Crippen LogP contribution in [0.4, 0.5) is 11.4 Å². The van der Waals surface area contributed by atoms with E-state index in [0.717, 1.165) is 22.7 Å². The van der Waals surface area contributed by atoms with Crippen molar-refractivity contribution in [2.24, 2.45) is 0 Å². The Morgan fingerprint density at radius 1 is 1.07 bits per heavy atom. The van der Waals surface area contributed by atoms with E-state index in [1.807, 2.05) is 79.5 Å². The molecule has 144 valence electrons. The zero-order valence-corrected chi connectivity index (χ0v) is 16.3. The summed E-state index contributed by atoms with van der Waals surface area (Å²) >= 11 is 0. The third-order valence-electron chi connectivity index (χ3n) is 5.02. The van der Waals surface area contributed by atoms with Crippen LogP contribution in [0.25, 0.3) is 0 Å². The van der Waals surface area contributed by atoms with Crippen molar-refractivity contribution in [1.82, 2.24) is 4.90 Å². The molecule has 0 aliphatic carbocycles. The lowest BCUT2D eigenvalue weighted by Crippen LogP contribution is -2.45. The number of carbonyl (C=O) groups excluding carboxylic acids is 1. The molecule has 6 heteroatoms. The molecule has 6 nitrogen and oxygen atoms in total. The molecule has 1 aliphatic heterocycles. The second-order valence-corrected chi connectivity index (χ2v) is 7.06. The summed E-state index contributed by atoms with van der Waals surface area (Å²) in [5, 5.41) is 11.0. The van der Waals surface area contributed by atoms with Gasteiger partial charge >= 0.3 is 0 Å². The molecule has 3 rings (SSSR count). The number of nitrogens with zero attached hydrogens (tertiary/aromatic N) is 3. The minimum Gasteiger partial charge on any atom is -0.497 e. The second-order valence-electron chi connectivity index (χ2n) is 7.06. The van der Waals surface area contributed by atoms with Gasteiger partial charge in [-0.05, 0) is 43.9 Å². The van der Waals surface area contributed by atoms with Gasteiger partial charge in [-0.1, -0.05) is 24.3 Å². The number of hydrogen-bond acceptors (Lipinski definition) is 5. The number of aliphatic hydroxyl groups is 1. The maximum atomic E-state index is 13.2.